The molecule has 0 spiro atoms. The number of carbonyl (C=O) groups is 1. The SMILES string of the molecule is CCCCN1C(=O)O/C(=C\c2ccccc2)C1c1ccccc1OC. The van der Waals surface area contributed by atoms with Crippen LogP contribution in [0.3, 0.4) is 0 Å². The van der Waals surface area contributed by atoms with Gasteiger partial charge < -0.3 is 9.47 Å². The van der Waals surface area contributed by atoms with Crippen LogP contribution >= 0.6 is 0 Å². The standard InChI is InChI=1S/C21H23NO3/c1-3-4-14-22-20(17-12-8-9-13-18(17)24-2)19(25-21(22)23)15-16-10-6-5-7-11-16/h5-13,15,20H,3-4,14H2,1-2H3/b19-15-. The van der Waals surface area contributed by atoms with E-state index in [2.05, 4.69) is 6.92 Å². The van der Waals surface area contributed by atoms with Crippen LogP contribution in [0.5, 0.6) is 5.75 Å². The van der Waals surface area contributed by atoms with Gasteiger partial charge in [-0.05, 0) is 24.1 Å². The highest BCUT2D eigenvalue weighted by molar-refractivity contribution is 5.76. The van der Waals surface area contributed by atoms with Gasteiger partial charge in [-0.1, -0.05) is 61.9 Å². The summed E-state index contributed by atoms with van der Waals surface area (Å²) < 4.78 is 11.2. The number of hydrogen-bond donors (Lipinski definition) is 0. The number of methoxy groups -OCH3 is 1. The summed E-state index contributed by atoms with van der Waals surface area (Å²) >= 11 is 0. The zero-order valence-corrected chi connectivity index (χ0v) is 14.6. The van der Waals surface area contributed by atoms with Crippen molar-refractivity contribution in [1.29, 1.82) is 0 Å². The predicted molar refractivity (Wildman–Crippen MR) is 98.2 cm³/mol. The smallest absolute Gasteiger partial charge is 0.415 e. The van der Waals surface area contributed by atoms with Gasteiger partial charge in [-0.15, -0.1) is 0 Å². The average molecular weight is 337 g/mol. The lowest BCUT2D eigenvalue weighted by molar-refractivity contribution is 0.164. The Bertz CT molecular complexity index is 755. The average Bonchev–Trinajstić information content (AvgIpc) is 2.95. The van der Waals surface area contributed by atoms with Gasteiger partial charge in [-0.25, -0.2) is 4.79 Å². The summed E-state index contributed by atoms with van der Waals surface area (Å²) in [6.07, 6.45) is 3.58. The molecule has 0 N–H and O–H groups in total. The first-order chi connectivity index (χ1) is 12.2. The van der Waals surface area contributed by atoms with Crippen LogP contribution in [-0.4, -0.2) is 24.6 Å². The Hall–Kier alpha value is -2.75. The molecular weight excluding hydrogens is 314 g/mol. The van der Waals surface area contributed by atoms with Gasteiger partial charge in [0.05, 0.1) is 7.11 Å². The van der Waals surface area contributed by atoms with E-state index < -0.39 is 0 Å². The second kappa shape index (κ2) is 7.88. The molecule has 1 atom stereocenters. The van der Waals surface area contributed by atoms with E-state index in [0.29, 0.717) is 12.3 Å². The molecule has 1 amide bonds. The molecule has 0 aliphatic carbocycles. The summed E-state index contributed by atoms with van der Waals surface area (Å²) in [5, 5.41) is 0. The van der Waals surface area contributed by atoms with Crippen molar-refractivity contribution in [2.45, 2.75) is 25.8 Å². The summed E-state index contributed by atoms with van der Waals surface area (Å²) in [6, 6.07) is 17.4. The summed E-state index contributed by atoms with van der Waals surface area (Å²) in [5.41, 5.74) is 1.94. The Labute approximate surface area is 148 Å². The molecule has 4 heteroatoms. The van der Waals surface area contributed by atoms with E-state index in [0.717, 1.165) is 29.7 Å². The molecule has 2 aromatic rings. The Morgan fingerprint density at radius 2 is 1.84 bits per heavy atom. The van der Waals surface area contributed by atoms with Crippen molar-refractivity contribution in [1.82, 2.24) is 4.90 Å². The third-order valence-electron chi connectivity index (χ3n) is 4.32. The Morgan fingerprint density at radius 1 is 1.12 bits per heavy atom. The lowest BCUT2D eigenvalue weighted by Crippen LogP contribution is -2.28. The third-order valence-corrected chi connectivity index (χ3v) is 4.32. The summed E-state index contributed by atoms with van der Waals surface area (Å²) in [6.45, 7) is 2.77. The maximum Gasteiger partial charge on any atom is 0.415 e. The van der Waals surface area contributed by atoms with Gasteiger partial charge in [-0.3, -0.25) is 4.90 Å². The maximum atomic E-state index is 12.5. The number of para-hydroxylation sites is 1. The molecule has 0 saturated carbocycles. The lowest BCUT2D eigenvalue weighted by Gasteiger charge is -2.23. The molecule has 0 aromatic heterocycles. The summed E-state index contributed by atoms with van der Waals surface area (Å²) in [4.78, 5) is 14.3. The van der Waals surface area contributed by atoms with Crippen molar-refractivity contribution < 1.29 is 14.3 Å². The number of ether oxygens (including phenoxy) is 2. The second-order valence-corrected chi connectivity index (χ2v) is 6.02. The normalized spacial score (nSPS) is 18.5. The van der Waals surface area contributed by atoms with Gasteiger partial charge in [0.25, 0.3) is 0 Å². The van der Waals surface area contributed by atoms with Gasteiger partial charge in [0, 0.05) is 12.1 Å². The highest BCUT2D eigenvalue weighted by Crippen LogP contribution is 2.41. The number of carbonyl (C=O) groups excluding carboxylic acids is 1. The Balaban J connectivity index is 2.04. The fourth-order valence-corrected chi connectivity index (χ4v) is 3.06. The maximum absolute atomic E-state index is 12.5. The Kier molecular flexibility index (Phi) is 5.39. The lowest BCUT2D eigenvalue weighted by atomic mass is 10.0. The van der Waals surface area contributed by atoms with Gasteiger partial charge in [0.1, 0.15) is 17.6 Å². The van der Waals surface area contributed by atoms with E-state index >= 15 is 0 Å². The molecule has 130 valence electrons. The Morgan fingerprint density at radius 3 is 2.56 bits per heavy atom. The van der Waals surface area contributed by atoms with Crippen molar-refractivity contribution in [2.24, 2.45) is 0 Å². The van der Waals surface area contributed by atoms with E-state index in [1.54, 1.807) is 12.0 Å². The minimum Gasteiger partial charge on any atom is -0.496 e. The molecule has 1 unspecified atom stereocenters. The number of hydrogen-bond acceptors (Lipinski definition) is 3. The fraction of sp³-hybridized carbons (Fsp3) is 0.286. The molecule has 4 nitrogen and oxygen atoms in total. The third kappa shape index (κ3) is 3.68. The van der Waals surface area contributed by atoms with E-state index in [1.165, 1.54) is 0 Å². The van der Waals surface area contributed by atoms with Crippen LogP contribution < -0.4 is 4.74 Å². The zero-order chi connectivity index (χ0) is 17.6. The van der Waals surface area contributed by atoms with Gasteiger partial charge in [-0.2, -0.15) is 0 Å². The van der Waals surface area contributed by atoms with Gasteiger partial charge in [0.2, 0.25) is 0 Å². The predicted octanol–water partition coefficient (Wildman–Crippen LogP) is 5.03. The van der Waals surface area contributed by atoms with E-state index in [9.17, 15) is 4.79 Å². The van der Waals surface area contributed by atoms with Crippen molar-refractivity contribution in [3.8, 4) is 5.75 Å². The summed E-state index contributed by atoms with van der Waals surface area (Å²) in [5.74, 6) is 1.39. The topological polar surface area (TPSA) is 38.8 Å². The van der Waals surface area contributed by atoms with Crippen LogP contribution in [0.4, 0.5) is 4.79 Å². The molecule has 3 rings (SSSR count). The number of nitrogens with zero attached hydrogens (tertiary/aromatic N) is 1. The second-order valence-electron chi connectivity index (χ2n) is 6.02. The molecule has 1 fully saturated rings. The molecular formula is C21H23NO3. The molecule has 2 aromatic carbocycles. The van der Waals surface area contributed by atoms with Crippen LogP contribution in [0.25, 0.3) is 6.08 Å². The van der Waals surface area contributed by atoms with E-state index in [4.69, 9.17) is 9.47 Å². The number of rotatable bonds is 6. The number of benzene rings is 2. The zero-order valence-electron chi connectivity index (χ0n) is 14.6. The number of cyclic esters (lactones) is 1. The first-order valence-corrected chi connectivity index (χ1v) is 8.62. The highest BCUT2D eigenvalue weighted by atomic mass is 16.6. The molecule has 25 heavy (non-hydrogen) atoms. The van der Waals surface area contributed by atoms with Crippen molar-refractivity contribution >= 4 is 12.2 Å². The van der Waals surface area contributed by atoms with Crippen molar-refractivity contribution in [3.05, 3.63) is 71.5 Å². The molecule has 1 heterocycles. The van der Waals surface area contributed by atoms with Gasteiger partial charge >= 0.3 is 6.09 Å². The quantitative estimate of drug-likeness (QED) is 0.742. The minimum atomic E-state index is -0.300. The highest BCUT2D eigenvalue weighted by Gasteiger charge is 2.39. The molecule has 0 bridgehead atoms. The fourth-order valence-electron chi connectivity index (χ4n) is 3.06. The monoisotopic (exact) mass is 337 g/mol. The van der Waals surface area contributed by atoms with Crippen molar-refractivity contribution in [3.63, 3.8) is 0 Å². The number of unbranched alkanes of at least 4 members (excludes halogenated alkanes) is 1. The van der Waals surface area contributed by atoms with Gasteiger partial charge in [0.15, 0.2) is 0 Å². The van der Waals surface area contributed by atoms with Crippen LogP contribution in [0, 0.1) is 0 Å². The summed E-state index contributed by atoms with van der Waals surface area (Å²) in [7, 11) is 1.65. The van der Waals surface area contributed by atoms with E-state index in [1.807, 2.05) is 60.7 Å². The van der Waals surface area contributed by atoms with Crippen LogP contribution in [0.1, 0.15) is 36.9 Å². The van der Waals surface area contributed by atoms with Crippen LogP contribution in [-0.2, 0) is 4.74 Å². The molecule has 1 saturated heterocycles. The van der Waals surface area contributed by atoms with Crippen LogP contribution in [0.15, 0.2) is 60.4 Å². The first kappa shape index (κ1) is 17.1. The minimum absolute atomic E-state index is 0.268. The molecule has 0 radical (unpaired) electrons. The first-order valence-electron chi connectivity index (χ1n) is 8.62. The van der Waals surface area contributed by atoms with Crippen LogP contribution in [0.2, 0.25) is 0 Å². The number of amides is 1. The largest absolute Gasteiger partial charge is 0.496 e. The molecule has 1 aliphatic rings. The van der Waals surface area contributed by atoms with E-state index in [-0.39, 0.29) is 12.1 Å². The molecule has 1 aliphatic heterocycles. The van der Waals surface area contributed by atoms with Crippen molar-refractivity contribution in [2.75, 3.05) is 13.7 Å².